The number of halogens is 1. The lowest BCUT2D eigenvalue weighted by Crippen LogP contribution is -1.99. The summed E-state index contributed by atoms with van der Waals surface area (Å²) in [5.41, 5.74) is 8.05. The molecule has 1 heterocycles. The van der Waals surface area contributed by atoms with Crippen LogP contribution in [0.5, 0.6) is 0 Å². The second kappa shape index (κ2) is 5.76. The first-order valence-electron chi connectivity index (χ1n) is 5.62. The van der Waals surface area contributed by atoms with Gasteiger partial charge in [0.25, 0.3) is 0 Å². The molecular weight excluding hydrogens is 296 g/mol. The molecule has 4 heteroatoms. The van der Waals surface area contributed by atoms with E-state index in [2.05, 4.69) is 46.0 Å². The van der Waals surface area contributed by atoms with Gasteiger partial charge in [-0.2, -0.15) is 0 Å². The smallest absolute Gasteiger partial charge is 0.0931 e. The van der Waals surface area contributed by atoms with Crippen LogP contribution in [0.1, 0.15) is 17.0 Å². The van der Waals surface area contributed by atoms with Gasteiger partial charge in [-0.3, -0.25) is 0 Å². The van der Waals surface area contributed by atoms with Crippen LogP contribution < -0.4 is 5.73 Å². The standard InChI is InChI=1S/C13H15BrN2S/c1-9-4-5-10(14)7-11(9)12-8-16-13(17-12)3-2-6-15/h4-5,7-8H,2-3,6,15H2,1H3. The molecule has 0 fully saturated rings. The Bertz CT molecular complexity index is 508. The summed E-state index contributed by atoms with van der Waals surface area (Å²) in [4.78, 5) is 5.68. The van der Waals surface area contributed by atoms with Crippen LogP contribution in [0.2, 0.25) is 0 Å². The van der Waals surface area contributed by atoms with Gasteiger partial charge in [-0.15, -0.1) is 11.3 Å². The van der Waals surface area contributed by atoms with E-state index in [1.54, 1.807) is 11.3 Å². The molecule has 0 amide bonds. The number of nitrogens with zero attached hydrogens (tertiary/aromatic N) is 1. The number of benzene rings is 1. The van der Waals surface area contributed by atoms with Crippen molar-refractivity contribution in [2.24, 2.45) is 5.73 Å². The third kappa shape index (κ3) is 3.15. The maximum Gasteiger partial charge on any atom is 0.0931 e. The Kier molecular flexibility index (Phi) is 4.31. The van der Waals surface area contributed by atoms with Crippen LogP contribution in [-0.4, -0.2) is 11.5 Å². The van der Waals surface area contributed by atoms with E-state index in [4.69, 9.17) is 5.73 Å². The van der Waals surface area contributed by atoms with E-state index in [9.17, 15) is 0 Å². The van der Waals surface area contributed by atoms with Crippen molar-refractivity contribution in [1.82, 2.24) is 4.98 Å². The van der Waals surface area contributed by atoms with Crippen LogP contribution >= 0.6 is 27.3 Å². The van der Waals surface area contributed by atoms with Crippen LogP contribution in [0.15, 0.2) is 28.9 Å². The third-order valence-corrected chi connectivity index (χ3v) is 4.20. The van der Waals surface area contributed by atoms with Crippen molar-refractivity contribution in [1.29, 1.82) is 0 Å². The minimum absolute atomic E-state index is 0.727. The molecule has 0 atom stereocenters. The van der Waals surface area contributed by atoms with Gasteiger partial charge >= 0.3 is 0 Å². The number of hydrogen-bond acceptors (Lipinski definition) is 3. The van der Waals surface area contributed by atoms with E-state index in [0.29, 0.717) is 0 Å². The molecule has 0 radical (unpaired) electrons. The average molecular weight is 311 g/mol. The van der Waals surface area contributed by atoms with Crippen LogP contribution in [0, 0.1) is 6.92 Å². The molecule has 0 aliphatic carbocycles. The zero-order valence-electron chi connectivity index (χ0n) is 9.74. The molecule has 0 saturated heterocycles. The molecule has 1 aromatic heterocycles. The predicted molar refractivity (Wildman–Crippen MR) is 77.4 cm³/mol. The van der Waals surface area contributed by atoms with Gasteiger partial charge in [0.2, 0.25) is 0 Å². The summed E-state index contributed by atoms with van der Waals surface area (Å²) in [7, 11) is 0. The maximum absolute atomic E-state index is 5.51. The zero-order chi connectivity index (χ0) is 12.3. The SMILES string of the molecule is Cc1ccc(Br)cc1-c1cnc(CCCN)s1. The highest BCUT2D eigenvalue weighted by molar-refractivity contribution is 9.10. The van der Waals surface area contributed by atoms with Crippen molar-refractivity contribution in [3.8, 4) is 10.4 Å². The predicted octanol–water partition coefficient (Wildman–Crippen LogP) is 3.77. The van der Waals surface area contributed by atoms with E-state index in [1.807, 2.05) is 6.20 Å². The van der Waals surface area contributed by atoms with Crippen molar-refractivity contribution in [2.45, 2.75) is 19.8 Å². The summed E-state index contributed by atoms with van der Waals surface area (Å²) < 4.78 is 1.11. The average Bonchev–Trinajstić information content (AvgIpc) is 2.78. The summed E-state index contributed by atoms with van der Waals surface area (Å²) in [5.74, 6) is 0. The highest BCUT2D eigenvalue weighted by atomic mass is 79.9. The van der Waals surface area contributed by atoms with E-state index in [1.165, 1.54) is 21.0 Å². The number of rotatable bonds is 4. The topological polar surface area (TPSA) is 38.9 Å². The van der Waals surface area contributed by atoms with Crippen molar-refractivity contribution >= 4 is 27.3 Å². The highest BCUT2D eigenvalue weighted by Crippen LogP contribution is 2.31. The zero-order valence-corrected chi connectivity index (χ0v) is 12.1. The molecule has 0 aliphatic rings. The maximum atomic E-state index is 5.51. The Morgan fingerprint density at radius 3 is 3.00 bits per heavy atom. The molecule has 1 aromatic carbocycles. The fourth-order valence-electron chi connectivity index (χ4n) is 1.66. The summed E-state index contributed by atoms with van der Waals surface area (Å²) in [6, 6.07) is 6.34. The van der Waals surface area contributed by atoms with Gasteiger partial charge in [0.1, 0.15) is 0 Å². The number of thiazole rings is 1. The van der Waals surface area contributed by atoms with Crippen molar-refractivity contribution in [3.05, 3.63) is 39.4 Å². The first kappa shape index (κ1) is 12.7. The van der Waals surface area contributed by atoms with Gasteiger partial charge in [-0.05, 0) is 43.1 Å². The van der Waals surface area contributed by atoms with Crippen molar-refractivity contribution in [3.63, 3.8) is 0 Å². The molecule has 0 aliphatic heterocycles. The third-order valence-electron chi connectivity index (χ3n) is 2.61. The second-order valence-electron chi connectivity index (χ2n) is 3.97. The highest BCUT2D eigenvalue weighted by Gasteiger charge is 2.07. The molecule has 2 aromatic rings. The lowest BCUT2D eigenvalue weighted by atomic mass is 10.1. The summed E-state index contributed by atoms with van der Waals surface area (Å²) >= 11 is 5.27. The Labute approximate surface area is 114 Å². The number of hydrogen-bond donors (Lipinski definition) is 1. The molecule has 2 nitrogen and oxygen atoms in total. The molecule has 0 unspecified atom stereocenters. The quantitative estimate of drug-likeness (QED) is 0.933. The van der Waals surface area contributed by atoms with Gasteiger partial charge in [-0.1, -0.05) is 22.0 Å². The fraction of sp³-hybridized carbons (Fsp3) is 0.308. The Morgan fingerprint density at radius 2 is 2.24 bits per heavy atom. The van der Waals surface area contributed by atoms with Gasteiger partial charge in [0, 0.05) is 17.1 Å². The number of aromatic nitrogens is 1. The first-order chi connectivity index (χ1) is 8.20. The molecule has 2 N–H and O–H groups in total. The molecule has 90 valence electrons. The van der Waals surface area contributed by atoms with Crippen LogP contribution in [0.3, 0.4) is 0 Å². The van der Waals surface area contributed by atoms with E-state index in [0.717, 1.165) is 23.9 Å². The lowest BCUT2D eigenvalue weighted by Gasteiger charge is -2.02. The number of nitrogens with two attached hydrogens (primary N) is 1. The summed E-state index contributed by atoms with van der Waals surface area (Å²) in [5, 5.41) is 1.17. The van der Waals surface area contributed by atoms with E-state index >= 15 is 0 Å². The minimum Gasteiger partial charge on any atom is -0.330 e. The van der Waals surface area contributed by atoms with Crippen LogP contribution in [0.25, 0.3) is 10.4 Å². The first-order valence-corrected chi connectivity index (χ1v) is 7.23. The van der Waals surface area contributed by atoms with Crippen molar-refractivity contribution < 1.29 is 0 Å². The molecule has 0 spiro atoms. The van der Waals surface area contributed by atoms with Crippen molar-refractivity contribution in [2.75, 3.05) is 6.54 Å². The summed E-state index contributed by atoms with van der Waals surface area (Å²) in [6.45, 7) is 2.85. The summed E-state index contributed by atoms with van der Waals surface area (Å²) in [6.07, 6.45) is 3.95. The fourth-order valence-corrected chi connectivity index (χ4v) is 3.07. The number of aryl methyl sites for hydroxylation is 2. The second-order valence-corrected chi connectivity index (χ2v) is 6.00. The molecular formula is C13H15BrN2S. The van der Waals surface area contributed by atoms with Gasteiger partial charge in [-0.25, -0.2) is 4.98 Å². The molecule has 0 saturated carbocycles. The molecule has 17 heavy (non-hydrogen) atoms. The largest absolute Gasteiger partial charge is 0.330 e. The van der Waals surface area contributed by atoms with Crippen LogP contribution in [0.4, 0.5) is 0 Å². The molecule has 0 bridgehead atoms. The van der Waals surface area contributed by atoms with Gasteiger partial charge in [0.05, 0.1) is 9.88 Å². The Morgan fingerprint density at radius 1 is 1.41 bits per heavy atom. The van der Waals surface area contributed by atoms with E-state index in [-0.39, 0.29) is 0 Å². The molecule has 2 rings (SSSR count). The van der Waals surface area contributed by atoms with Gasteiger partial charge < -0.3 is 5.73 Å². The lowest BCUT2D eigenvalue weighted by molar-refractivity contribution is 0.826. The van der Waals surface area contributed by atoms with E-state index < -0.39 is 0 Å². The Balaban J connectivity index is 2.27. The normalized spacial score (nSPS) is 10.8. The minimum atomic E-state index is 0.727. The monoisotopic (exact) mass is 310 g/mol. The Hall–Kier alpha value is -0.710. The van der Waals surface area contributed by atoms with Gasteiger partial charge in [0.15, 0.2) is 0 Å². The van der Waals surface area contributed by atoms with Crippen LogP contribution in [-0.2, 0) is 6.42 Å².